The summed E-state index contributed by atoms with van der Waals surface area (Å²) in [5, 5.41) is 4.85. The van der Waals surface area contributed by atoms with E-state index in [4.69, 9.17) is 23.2 Å². The first-order chi connectivity index (χ1) is 16.5. The van der Waals surface area contributed by atoms with Crippen molar-refractivity contribution in [3.63, 3.8) is 0 Å². The number of aromatic nitrogens is 2. The van der Waals surface area contributed by atoms with Gasteiger partial charge in [-0.05, 0) is 55.5 Å². The average molecular weight is 516 g/mol. The predicted octanol–water partition coefficient (Wildman–Crippen LogP) is 5.61. The molecule has 4 rings (SSSR count). The van der Waals surface area contributed by atoms with Crippen LogP contribution in [0.1, 0.15) is 18.4 Å². The van der Waals surface area contributed by atoms with Crippen LogP contribution < -0.4 is 5.32 Å². The molecule has 8 heteroatoms. The van der Waals surface area contributed by atoms with Crippen LogP contribution in [0.25, 0.3) is 11.1 Å². The molecule has 0 spiro atoms. The second kappa shape index (κ2) is 12.0. The van der Waals surface area contributed by atoms with Crippen LogP contribution >= 0.6 is 35.0 Å². The molecule has 0 saturated carbocycles. The molecule has 0 radical (unpaired) electrons. The summed E-state index contributed by atoms with van der Waals surface area (Å²) in [5.41, 5.74) is 3.26. The standard InChI is InChI=1S/C26H28Cl2N4OS/c1-32-16-19(11-18-7-8-23(27)24(28)13-18)12-22(32)9-10-29-25(33)17-34-26-30-14-21(15-31-26)20-5-3-2-4-6-20/h2-8,13-15,19,22H,9-12,16-17H2,1H3,(H,29,33). The predicted molar refractivity (Wildman–Crippen MR) is 141 cm³/mol. The number of nitrogens with zero attached hydrogens (tertiary/aromatic N) is 3. The zero-order valence-electron chi connectivity index (χ0n) is 19.1. The van der Waals surface area contributed by atoms with Gasteiger partial charge in [-0.2, -0.15) is 0 Å². The summed E-state index contributed by atoms with van der Waals surface area (Å²) in [5.74, 6) is 0.897. The number of hydrogen-bond donors (Lipinski definition) is 1. The first-order valence-electron chi connectivity index (χ1n) is 11.4. The highest BCUT2D eigenvalue weighted by molar-refractivity contribution is 7.99. The molecule has 1 aliphatic rings. The first kappa shape index (κ1) is 25.0. The number of thioether (sulfide) groups is 1. The van der Waals surface area contributed by atoms with Crippen molar-refractivity contribution in [2.75, 3.05) is 25.9 Å². The molecule has 1 amide bonds. The molecule has 0 aliphatic carbocycles. The molecule has 1 aromatic heterocycles. The Bertz CT molecular complexity index is 1100. The van der Waals surface area contributed by atoms with Gasteiger partial charge in [0.15, 0.2) is 5.16 Å². The van der Waals surface area contributed by atoms with Crippen LogP contribution in [0, 0.1) is 5.92 Å². The number of benzene rings is 2. The maximum atomic E-state index is 12.3. The van der Waals surface area contributed by atoms with E-state index in [1.165, 1.54) is 17.3 Å². The summed E-state index contributed by atoms with van der Waals surface area (Å²) in [7, 11) is 2.16. The van der Waals surface area contributed by atoms with Crippen molar-refractivity contribution < 1.29 is 4.79 Å². The lowest BCUT2D eigenvalue weighted by Gasteiger charge is -2.19. The Labute approximate surface area is 215 Å². The van der Waals surface area contributed by atoms with Crippen LogP contribution in [0.5, 0.6) is 0 Å². The van der Waals surface area contributed by atoms with Crippen molar-refractivity contribution in [2.24, 2.45) is 5.92 Å². The van der Waals surface area contributed by atoms with E-state index in [1.807, 2.05) is 42.5 Å². The fourth-order valence-electron chi connectivity index (χ4n) is 4.41. The minimum absolute atomic E-state index is 0.00809. The minimum atomic E-state index is 0.00809. The quantitative estimate of drug-likeness (QED) is 0.297. The Hall–Kier alpha value is -2.12. The smallest absolute Gasteiger partial charge is 0.230 e. The van der Waals surface area contributed by atoms with Crippen molar-refractivity contribution in [1.82, 2.24) is 20.2 Å². The molecule has 2 unspecified atom stereocenters. The van der Waals surface area contributed by atoms with E-state index in [1.54, 1.807) is 12.4 Å². The number of likely N-dealkylation sites (tertiary alicyclic amines) is 1. The van der Waals surface area contributed by atoms with Gasteiger partial charge < -0.3 is 10.2 Å². The van der Waals surface area contributed by atoms with Gasteiger partial charge in [-0.3, -0.25) is 4.79 Å². The lowest BCUT2D eigenvalue weighted by molar-refractivity contribution is -0.118. The number of rotatable bonds is 9. The highest BCUT2D eigenvalue weighted by atomic mass is 35.5. The van der Waals surface area contributed by atoms with Crippen molar-refractivity contribution in [3.8, 4) is 11.1 Å². The zero-order valence-corrected chi connectivity index (χ0v) is 21.4. The van der Waals surface area contributed by atoms with Crippen molar-refractivity contribution in [3.05, 3.63) is 76.5 Å². The van der Waals surface area contributed by atoms with E-state index in [-0.39, 0.29) is 5.91 Å². The molecule has 2 aromatic carbocycles. The number of carbonyl (C=O) groups is 1. The topological polar surface area (TPSA) is 58.1 Å². The van der Waals surface area contributed by atoms with Gasteiger partial charge >= 0.3 is 0 Å². The molecule has 5 nitrogen and oxygen atoms in total. The maximum Gasteiger partial charge on any atom is 0.230 e. The lowest BCUT2D eigenvalue weighted by atomic mass is 9.96. The third-order valence-electron chi connectivity index (χ3n) is 6.15. The maximum absolute atomic E-state index is 12.3. The molecular formula is C26H28Cl2N4OS. The molecular weight excluding hydrogens is 487 g/mol. The first-order valence-corrected chi connectivity index (χ1v) is 13.1. The summed E-state index contributed by atoms with van der Waals surface area (Å²) >= 11 is 13.5. The van der Waals surface area contributed by atoms with E-state index in [9.17, 15) is 4.79 Å². The van der Waals surface area contributed by atoms with Gasteiger partial charge in [-0.1, -0.05) is 71.4 Å². The Morgan fingerprint density at radius 1 is 1.09 bits per heavy atom. The van der Waals surface area contributed by atoms with Gasteiger partial charge in [0.25, 0.3) is 0 Å². The fraction of sp³-hybridized carbons (Fsp3) is 0.346. The van der Waals surface area contributed by atoms with Gasteiger partial charge in [-0.25, -0.2) is 9.97 Å². The zero-order chi connectivity index (χ0) is 23.9. The van der Waals surface area contributed by atoms with Gasteiger partial charge in [0.05, 0.1) is 15.8 Å². The summed E-state index contributed by atoms with van der Waals surface area (Å²) in [6, 6.07) is 16.4. The largest absolute Gasteiger partial charge is 0.355 e. The third-order valence-corrected chi connectivity index (χ3v) is 7.77. The van der Waals surface area contributed by atoms with E-state index in [0.29, 0.717) is 39.5 Å². The molecule has 3 aromatic rings. The Morgan fingerprint density at radius 2 is 1.85 bits per heavy atom. The third kappa shape index (κ3) is 6.95. The minimum Gasteiger partial charge on any atom is -0.355 e. The number of amides is 1. The van der Waals surface area contributed by atoms with Gasteiger partial charge in [-0.15, -0.1) is 0 Å². The molecule has 34 heavy (non-hydrogen) atoms. The number of hydrogen-bond acceptors (Lipinski definition) is 5. The molecule has 1 fully saturated rings. The molecule has 1 N–H and O–H groups in total. The summed E-state index contributed by atoms with van der Waals surface area (Å²) in [6.07, 6.45) is 6.64. The second-order valence-electron chi connectivity index (χ2n) is 8.70. The van der Waals surface area contributed by atoms with Crippen LogP contribution in [0.4, 0.5) is 0 Å². The van der Waals surface area contributed by atoms with Crippen LogP contribution in [0.3, 0.4) is 0 Å². The monoisotopic (exact) mass is 514 g/mol. The van der Waals surface area contributed by atoms with Crippen molar-refractivity contribution >= 4 is 40.9 Å². The number of nitrogens with one attached hydrogen (secondary N) is 1. The fourth-order valence-corrected chi connectivity index (χ4v) is 5.35. The molecule has 2 heterocycles. The van der Waals surface area contributed by atoms with E-state index in [0.717, 1.165) is 36.9 Å². The van der Waals surface area contributed by atoms with Crippen LogP contribution in [0.15, 0.2) is 66.1 Å². The van der Waals surface area contributed by atoms with E-state index < -0.39 is 0 Å². The molecule has 178 valence electrons. The summed E-state index contributed by atoms with van der Waals surface area (Å²) in [4.78, 5) is 23.5. The van der Waals surface area contributed by atoms with Gasteiger partial charge in [0, 0.05) is 37.1 Å². The van der Waals surface area contributed by atoms with Gasteiger partial charge in [0.1, 0.15) is 0 Å². The highest BCUT2D eigenvalue weighted by Crippen LogP contribution is 2.29. The van der Waals surface area contributed by atoms with Crippen molar-refractivity contribution in [2.45, 2.75) is 30.5 Å². The molecule has 0 bridgehead atoms. The van der Waals surface area contributed by atoms with Crippen molar-refractivity contribution in [1.29, 1.82) is 0 Å². The number of carbonyl (C=O) groups excluding carboxylic acids is 1. The lowest BCUT2D eigenvalue weighted by Crippen LogP contribution is -2.32. The van der Waals surface area contributed by atoms with E-state index in [2.05, 4.69) is 33.3 Å². The highest BCUT2D eigenvalue weighted by Gasteiger charge is 2.29. The SMILES string of the molecule is CN1CC(Cc2ccc(Cl)c(Cl)c2)CC1CCNC(=O)CSc1ncc(-c2ccccc2)cn1. The van der Waals surface area contributed by atoms with Crippen LogP contribution in [-0.2, 0) is 11.2 Å². The average Bonchev–Trinajstić information content (AvgIpc) is 3.19. The Balaban J connectivity index is 1.16. The Kier molecular flexibility index (Phi) is 8.84. The van der Waals surface area contributed by atoms with Gasteiger partial charge in [0.2, 0.25) is 5.91 Å². The normalized spacial score (nSPS) is 18.2. The Morgan fingerprint density at radius 3 is 2.59 bits per heavy atom. The molecule has 2 atom stereocenters. The summed E-state index contributed by atoms with van der Waals surface area (Å²) < 4.78 is 0. The molecule has 1 saturated heterocycles. The van der Waals surface area contributed by atoms with Crippen LogP contribution in [0.2, 0.25) is 10.0 Å². The van der Waals surface area contributed by atoms with E-state index >= 15 is 0 Å². The molecule has 1 aliphatic heterocycles. The number of halogens is 2. The second-order valence-corrected chi connectivity index (χ2v) is 10.5. The summed E-state index contributed by atoms with van der Waals surface area (Å²) in [6.45, 7) is 1.72. The van der Waals surface area contributed by atoms with Crippen LogP contribution in [-0.4, -0.2) is 52.7 Å².